The lowest BCUT2D eigenvalue weighted by molar-refractivity contribution is -0.697. The van der Waals surface area contributed by atoms with Gasteiger partial charge in [-0.2, -0.15) is 4.68 Å². The predicted molar refractivity (Wildman–Crippen MR) is 115 cm³/mol. The molecule has 1 aromatic heterocycles. The largest absolute Gasteiger partial charge is 0.378 e. The third kappa shape index (κ3) is 4.44. The van der Waals surface area contributed by atoms with Crippen LogP contribution in [0.25, 0.3) is 5.69 Å². The maximum absolute atomic E-state index is 6.26. The second-order valence-corrected chi connectivity index (χ2v) is 8.60. The summed E-state index contributed by atoms with van der Waals surface area (Å²) in [5.41, 5.74) is 5.79. The highest BCUT2D eigenvalue weighted by atomic mass is 32.2. The Labute approximate surface area is 175 Å². The summed E-state index contributed by atoms with van der Waals surface area (Å²) in [4.78, 5) is 2.10. The van der Waals surface area contributed by atoms with Crippen molar-refractivity contribution in [3.8, 4) is 5.69 Å². The summed E-state index contributed by atoms with van der Waals surface area (Å²) < 4.78 is 8.08. The molecule has 0 amide bonds. The van der Waals surface area contributed by atoms with E-state index in [9.17, 15) is 0 Å². The van der Waals surface area contributed by atoms with Crippen molar-refractivity contribution in [1.29, 1.82) is 0 Å². The molecule has 0 aliphatic carbocycles. The van der Waals surface area contributed by atoms with Gasteiger partial charge in [0.1, 0.15) is 12.6 Å². The molecule has 29 heavy (non-hydrogen) atoms. The molecule has 2 N–H and O–H groups in total. The average Bonchev–Trinajstić information content (AvgIpc) is 3.36. The lowest BCUT2D eigenvalue weighted by atomic mass is 10.1. The zero-order valence-electron chi connectivity index (χ0n) is 17.2. The predicted octanol–water partition coefficient (Wildman–Crippen LogP) is 2.10. The van der Waals surface area contributed by atoms with Gasteiger partial charge in [0.05, 0.1) is 5.69 Å². The number of nitrogens with zero attached hydrogens (tertiary/aromatic N) is 5. The van der Waals surface area contributed by atoms with Crippen LogP contribution in [0.15, 0.2) is 47.6 Å². The van der Waals surface area contributed by atoms with Gasteiger partial charge in [-0.1, -0.05) is 29.5 Å². The van der Waals surface area contributed by atoms with E-state index in [4.69, 9.17) is 4.74 Å². The summed E-state index contributed by atoms with van der Waals surface area (Å²) in [6, 6.07) is 14.9. The minimum Gasteiger partial charge on any atom is -0.378 e. The summed E-state index contributed by atoms with van der Waals surface area (Å²) in [7, 11) is 4.10. The lowest BCUT2D eigenvalue weighted by Crippen LogP contribution is -2.82. The summed E-state index contributed by atoms with van der Waals surface area (Å²) in [5.74, 6) is 0.814. The summed E-state index contributed by atoms with van der Waals surface area (Å²) in [6.07, 6.45) is 0.204. The van der Waals surface area contributed by atoms with Crippen LogP contribution in [-0.4, -0.2) is 52.7 Å². The Balaban J connectivity index is 1.38. The molecule has 1 fully saturated rings. The topological polar surface area (TPSA) is 72.7 Å². The van der Waals surface area contributed by atoms with Crippen molar-refractivity contribution in [2.24, 2.45) is 0 Å². The molecule has 2 heterocycles. The van der Waals surface area contributed by atoms with E-state index < -0.39 is 0 Å². The minimum absolute atomic E-state index is 0.0483. The third-order valence-electron chi connectivity index (χ3n) is 5.11. The molecule has 1 aliphatic rings. The fraction of sp³-hybridized carbons (Fsp3) is 0.381. The number of ether oxygens (including phenoxy) is 1. The van der Waals surface area contributed by atoms with Crippen LogP contribution in [0.5, 0.6) is 0 Å². The molecule has 0 unspecified atom stereocenters. The number of aryl methyl sites for hydroxylation is 2. The number of hydrogen-bond donors (Lipinski definition) is 1. The summed E-state index contributed by atoms with van der Waals surface area (Å²) in [6.45, 7) is 5.10. The Bertz CT molecular complexity index is 972. The number of rotatable bonds is 6. The van der Waals surface area contributed by atoms with Crippen LogP contribution in [0, 0.1) is 13.8 Å². The first-order valence-electron chi connectivity index (χ1n) is 9.76. The van der Waals surface area contributed by atoms with Crippen molar-refractivity contribution in [3.63, 3.8) is 0 Å². The first-order chi connectivity index (χ1) is 14.0. The molecular formula is C21H27N6OS+. The lowest BCUT2D eigenvalue weighted by Gasteiger charge is -2.14. The van der Waals surface area contributed by atoms with Crippen molar-refractivity contribution in [3.05, 3.63) is 59.2 Å². The van der Waals surface area contributed by atoms with E-state index in [0.717, 1.165) is 28.7 Å². The molecular weight excluding hydrogens is 384 g/mol. The highest BCUT2D eigenvalue weighted by Gasteiger charge is 2.30. The molecule has 3 aromatic rings. The van der Waals surface area contributed by atoms with Gasteiger partial charge in [-0.3, -0.25) is 0 Å². The Morgan fingerprint density at radius 1 is 1.17 bits per heavy atom. The highest BCUT2D eigenvalue weighted by Crippen LogP contribution is 2.25. The van der Waals surface area contributed by atoms with Gasteiger partial charge < -0.3 is 15.0 Å². The third-order valence-corrected chi connectivity index (χ3v) is 6.16. The maximum atomic E-state index is 6.26. The molecule has 0 spiro atoms. The van der Waals surface area contributed by atoms with Crippen molar-refractivity contribution in [2.75, 3.05) is 31.3 Å². The van der Waals surface area contributed by atoms with Crippen LogP contribution < -0.4 is 10.2 Å². The van der Waals surface area contributed by atoms with Crippen LogP contribution >= 0.6 is 11.8 Å². The molecule has 7 nitrogen and oxygen atoms in total. The number of tetrazole rings is 1. The average molecular weight is 412 g/mol. The number of aromatic nitrogens is 4. The van der Waals surface area contributed by atoms with Crippen molar-refractivity contribution in [2.45, 2.75) is 31.3 Å². The number of hydrogen-bond acceptors (Lipinski definition) is 6. The van der Waals surface area contributed by atoms with Crippen molar-refractivity contribution in [1.82, 2.24) is 20.2 Å². The van der Waals surface area contributed by atoms with Crippen LogP contribution in [0.2, 0.25) is 0 Å². The number of anilines is 1. The van der Waals surface area contributed by atoms with Gasteiger partial charge in [-0.15, -0.1) is 5.10 Å². The Morgan fingerprint density at radius 3 is 2.69 bits per heavy atom. The van der Waals surface area contributed by atoms with Gasteiger partial charge >= 0.3 is 0 Å². The van der Waals surface area contributed by atoms with Gasteiger partial charge in [0.2, 0.25) is 11.4 Å². The van der Waals surface area contributed by atoms with Crippen molar-refractivity contribution >= 4 is 17.4 Å². The normalized spacial score (nSPS) is 18.9. The number of thioether (sulfide) groups is 1. The molecule has 2 aromatic carbocycles. The van der Waals surface area contributed by atoms with Crippen LogP contribution in [0.4, 0.5) is 5.69 Å². The van der Waals surface area contributed by atoms with E-state index in [0.29, 0.717) is 0 Å². The molecule has 4 rings (SSSR count). The molecule has 0 bridgehead atoms. The molecule has 0 saturated carbocycles. The summed E-state index contributed by atoms with van der Waals surface area (Å²) >= 11 is 1.64. The zero-order valence-corrected chi connectivity index (χ0v) is 18.1. The smallest absolute Gasteiger partial charge is 0.217 e. The Morgan fingerprint density at radius 2 is 1.97 bits per heavy atom. The number of benzene rings is 2. The fourth-order valence-corrected chi connectivity index (χ4v) is 4.41. The number of nitrogens with two attached hydrogens (primary N) is 1. The molecule has 0 radical (unpaired) electrons. The Kier molecular flexibility index (Phi) is 5.84. The molecule has 2 atom stereocenters. The Hall–Kier alpha value is -2.42. The van der Waals surface area contributed by atoms with Crippen LogP contribution in [-0.2, 0) is 4.74 Å². The van der Waals surface area contributed by atoms with Gasteiger partial charge in [-0.25, -0.2) is 0 Å². The van der Waals surface area contributed by atoms with Gasteiger partial charge in [0, 0.05) is 31.1 Å². The maximum Gasteiger partial charge on any atom is 0.217 e. The van der Waals surface area contributed by atoms with E-state index in [-0.39, 0.29) is 12.3 Å². The van der Waals surface area contributed by atoms with E-state index in [1.807, 2.05) is 18.8 Å². The quantitative estimate of drug-likeness (QED) is 0.627. The van der Waals surface area contributed by atoms with E-state index in [1.165, 1.54) is 16.8 Å². The summed E-state index contributed by atoms with van der Waals surface area (Å²) in [5, 5.41) is 15.3. The van der Waals surface area contributed by atoms with Gasteiger partial charge in [0.25, 0.3) is 0 Å². The second kappa shape index (κ2) is 8.52. The van der Waals surface area contributed by atoms with E-state index >= 15 is 0 Å². The monoisotopic (exact) mass is 411 g/mol. The second-order valence-electron chi connectivity index (χ2n) is 7.61. The van der Waals surface area contributed by atoms with Gasteiger partial charge in [-0.05, 0) is 60.2 Å². The SMILES string of the molecule is Cc1ccc(-n2nnnc2SC[C@@H]2C[NH2+][C@@H](c3ccc(N(C)C)cc3)O2)c(C)c1. The van der Waals surface area contributed by atoms with Gasteiger partial charge in [0.15, 0.2) is 0 Å². The van der Waals surface area contributed by atoms with Crippen LogP contribution in [0.1, 0.15) is 22.9 Å². The number of quaternary nitrogens is 1. The van der Waals surface area contributed by atoms with E-state index in [1.54, 1.807) is 11.8 Å². The molecule has 152 valence electrons. The first-order valence-corrected chi connectivity index (χ1v) is 10.7. The molecule has 1 saturated heterocycles. The molecule has 8 heteroatoms. The fourth-order valence-electron chi connectivity index (χ4n) is 3.51. The zero-order chi connectivity index (χ0) is 20.4. The van der Waals surface area contributed by atoms with E-state index in [2.05, 4.69) is 82.1 Å². The van der Waals surface area contributed by atoms with Crippen molar-refractivity contribution < 1.29 is 10.1 Å². The standard InChI is InChI=1S/C21H26N6OS/c1-14-5-10-19(15(2)11-14)27-21(23-24-25-27)29-13-18-12-22-20(28-18)16-6-8-17(9-7-16)26(3)4/h5-11,18,20,22H,12-13H2,1-4H3/p+1/t18-,20+/m0/s1. The molecule has 1 aliphatic heterocycles. The minimum atomic E-state index is 0.0483. The first kappa shape index (κ1) is 19.9. The van der Waals surface area contributed by atoms with Crippen LogP contribution in [0.3, 0.4) is 0 Å². The highest BCUT2D eigenvalue weighted by molar-refractivity contribution is 7.99.